The maximum Gasteiger partial charge on any atom is 0.225 e. The lowest BCUT2D eigenvalue weighted by Gasteiger charge is -1.99. The molecule has 40 valence electrons. The molecule has 0 aliphatic carbocycles. The van der Waals surface area contributed by atoms with E-state index in [-0.39, 0.29) is 6.29 Å². The van der Waals surface area contributed by atoms with Gasteiger partial charge in [-0.2, -0.15) is 4.89 Å². The first-order chi connectivity index (χ1) is 3.43. The smallest absolute Gasteiger partial charge is 0.225 e. The number of hydrogen-bond acceptors (Lipinski definition) is 3. The molecule has 7 heavy (non-hydrogen) atoms. The van der Waals surface area contributed by atoms with Crippen LogP contribution >= 0.6 is 0 Å². The van der Waals surface area contributed by atoms with Crippen molar-refractivity contribution in [3.63, 3.8) is 0 Å². The fraction of sp³-hybridized carbons (Fsp3) is 0.500. The van der Waals surface area contributed by atoms with Crippen LogP contribution in [0.2, 0.25) is 0 Å². The van der Waals surface area contributed by atoms with E-state index in [2.05, 4.69) is 14.5 Å². The van der Waals surface area contributed by atoms with Crippen LogP contribution < -0.4 is 0 Å². The average Bonchev–Trinajstić information content (AvgIpc) is 2.14. The van der Waals surface area contributed by atoms with Gasteiger partial charge in [0.25, 0.3) is 0 Å². The van der Waals surface area contributed by atoms with Gasteiger partial charge in [0.1, 0.15) is 6.26 Å². The SMILES string of the molecule is COC1C=COO1. The lowest BCUT2D eigenvalue weighted by Crippen LogP contribution is -2.04. The molecule has 0 spiro atoms. The lowest BCUT2D eigenvalue weighted by molar-refractivity contribution is -0.306. The van der Waals surface area contributed by atoms with Crippen LogP contribution in [0.1, 0.15) is 0 Å². The third kappa shape index (κ3) is 0.913. The summed E-state index contributed by atoms with van der Waals surface area (Å²) in [6.45, 7) is 0. The molecule has 0 amide bonds. The van der Waals surface area contributed by atoms with Crippen LogP contribution in [0.4, 0.5) is 0 Å². The monoisotopic (exact) mass is 102 g/mol. The highest BCUT2D eigenvalue weighted by atomic mass is 17.2. The second kappa shape index (κ2) is 1.95. The number of ether oxygens (including phenoxy) is 1. The fourth-order valence-corrected chi connectivity index (χ4v) is 0.333. The molecule has 3 nitrogen and oxygen atoms in total. The standard InChI is InChI=1S/C4H6O3/c1-5-4-2-3-6-7-4/h2-4H,1H3. The zero-order valence-electron chi connectivity index (χ0n) is 3.96. The Labute approximate surface area is 41.4 Å². The zero-order chi connectivity index (χ0) is 5.11. The van der Waals surface area contributed by atoms with Crippen molar-refractivity contribution in [2.75, 3.05) is 7.11 Å². The zero-order valence-corrected chi connectivity index (χ0v) is 3.96. The summed E-state index contributed by atoms with van der Waals surface area (Å²) in [6, 6.07) is 0. The third-order valence-electron chi connectivity index (χ3n) is 0.674. The first kappa shape index (κ1) is 4.61. The molecule has 0 fully saturated rings. The highest BCUT2D eigenvalue weighted by molar-refractivity contribution is 4.79. The molecule has 1 aliphatic heterocycles. The van der Waals surface area contributed by atoms with E-state index in [1.165, 1.54) is 6.26 Å². The molecule has 1 atom stereocenters. The maximum atomic E-state index is 4.68. The van der Waals surface area contributed by atoms with E-state index < -0.39 is 0 Å². The minimum atomic E-state index is -0.306. The minimum Gasteiger partial charge on any atom is -0.349 e. The highest BCUT2D eigenvalue weighted by Gasteiger charge is 2.07. The third-order valence-corrected chi connectivity index (χ3v) is 0.674. The molecule has 0 aromatic carbocycles. The first-order valence-electron chi connectivity index (χ1n) is 1.95. The molecular formula is C4H6O3. The highest BCUT2D eigenvalue weighted by Crippen LogP contribution is 2.03. The Morgan fingerprint density at radius 2 is 2.57 bits per heavy atom. The maximum absolute atomic E-state index is 4.68. The lowest BCUT2D eigenvalue weighted by atomic mass is 10.6. The van der Waals surface area contributed by atoms with Gasteiger partial charge in [0.15, 0.2) is 0 Å². The van der Waals surface area contributed by atoms with Crippen LogP contribution in [-0.2, 0) is 14.5 Å². The van der Waals surface area contributed by atoms with E-state index in [1.807, 2.05) is 0 Å². The van der Waals surface area contributed by atoms with Crippen molar-refractivity contribution in [3.8, 4) is 0 Å². The largest absolute Gasteiger partial charge is 0.349 e. The van der Waals surface area contributed by atoms with Gasteiger partial charge in [-0.25, -0.2) is 0 Å². The summed E-state index contributed by atoms with van der Waals surface area (Å²) in [4.78, 5) is 8.81. The Balaban J connectivity index is 2.28. The van der Waals surface area contributed by atoms with Crippen molar-refractivity contribution in [1.29, 1.82) is 0 Å². The van der Waals surface area contributed by atoms with Gasteiger partial charge in [0, 0.05) is 13.2 Å². The summed E-state index contributed by atoms with van der Waals surface area (Å²) in [7, 11) is 1.55. The van der Waals surface area contributed by atoms with Crippen LogP contribution in [0, 0.1) is 0 Å². The van der Waals surface area contributed by atoms with E-state index in [0.717, 1.165) is 0 Å². The van der Waals surface area contributed by atoms with E-state index in [1.54, 1.807) is 13.2 Å². The number of rotatable bonds is 1. The minimum absolute atomic E-state index is 0.306. The van der Waals surface area contributed by atoms with Crippen LogP contribution in [0.5, 0.6) is 0 Å². The van der Waals surface area contributed by atoms with Gasteiger partial charge in [-0.05, 0) is 0 Å². The van der Waals surface area contributed by atoms with Crippen molar-refractivity contribution in [3.05, 3.63) is 12.3 Å². The fourth-order valence-electron chi connectivity index (χ4n) is 0.333. The second-order valence-electron chi connectivity index (χ2n) is 1.13. The Bertz CT molecular complexity index is 79.0. The normalized spacial score (nSPS) is 27.9. The summed E-state index contributed by atoms with van der Waals surface area (Å²) < 4.78 is 4.68. The van der Waals surface area contributed by atoms with Gasteiger partial charge in [0.05, 0.1) is 0 Å². The number of methoxy groups -OCH3 is 1. The van der Waals surface area contributed by atoms with Crippen molar-refractivity contribution >= 4 is 0 Å². The molecule has 1 heterocycles. The Morgan fingerprint density at radius 3 is 2.86 bits per heavy atom. The van der Waals surface area contributed by atoms with Crippen LogP contribution in [-0.4, -0.2) is 13.4 Å². The molecular weight excluding hydrogens is 96.0 g/mol. The summed E-state index contributed by atoms with van der Waals surface area (Å²) in [5.41, 5.74) is 0. The number of hydrogen-bond donors (Lipinski definition) is 0. The average molecular weight is 102 g/mol. The van der Waals surface area contributed by atoms with E-state index in [4.69, 9.17) is 0 Å². The van der Waals surface area contributed by atoms with Crippen LogP contribution in [0.15, 0.2) is 12.3 Å². The Hall–Kier alpha value is -0.540. The molecule has 0 bridgehead atoms. The van der Waals surface area contributed by atoms with Crippen molar-refractivity contribution in [2.45, 2.75) is 6.29 Å². The molecule has 1 rings (SSSR count). The molecule has 0 N–H and O–H groups in total. The first-order valence-corrected chi connectivity index (χ1v) is 1.95. The molecule has 0 aromatic rings. The van der Waals surface area contributed by atoms with Gasteiger partial charge in [-0.1, -0.05) is 0 Å². The molecule has 1 unspecified atom stereocenters. The predicted octanol–water partition coefficient (Wildman–Crippen LogP) is 0.434. The molecule has 0 radical (unpaired) electrons. The van der Waals surface area contributed by atoms with Gasteiger partial charge in [-0.3, -0.25) is 0 Å². The summed E-state index contributed by atoms with van der Waals surface area (Å²) in [5, 5.41) is 0. The van der Waals surface area contributed by atoms with Gasteiger partial charge >= 0.3 is 0 Å². The summed E-state index contributed by atoms with van der Waals surface area (Å²) >= 11 is 0. The van der Waals surface area contributed by atoms with E-state index in [0.29, 0.717) is 0 Å². The van der Waals surface area contributed by atoms with Crippen LogP contribution in [0.3, 0.4) is 0 Å². The van der Waals surface area contributed by atoms with Gasteiger partial charge in [0.2, 0.25) is 6.29 Å². The Kier molecular flexibility index (Phi) is 1.29. The molecule has 3 heteroatoms. The van der Waals surface area contributed by atoms with Crippen molar-refractivity contribution in [2.24, 2.45) is 0 Å². The molecule has 0 saturated carbocycles. The van der Waals surface area contributed by atoms with Gasteiger partial charge in [-0.15, -0.1) is 0 Å². The topological polar surface area (TPSA) is 27.7 Å². The van der Waals surface area contributed by atoms with E-state index >= 15 is 0 Å². The summed E-state index contributed by atoms with van der Waals surface area (Å²) in [6.07, 6.45) is 2.80. The van der Waals surface area contributed by atoms with Gasteiger partial charge < -0.3 is 9.62 Å². The predicted molar refractivity (Wildman–Crippen MR) is 22.1 cm³/mol. The molecule has 0 saturated heterocycles. The van der Waals surface area contributed by atoms with Crippen molar-refractivity contribution in [1.82, 2.24) is 0 Å². The quantitative estimate of drug-likeness (QED) is 0.449. The Morgan fingerprint density at radius 1 is 1.71 bits per heavy atom. The van der Waals surface area contributed by atoms with Crippen LogP contribution in [0.25, 0.3) is 0 Å². The molecule has 1 aliphatic rings. The van der Waals surface area contributed by atoms with Crippen molar-refractivity contribution < 1.29 is 14.5 Å². The molecule has 0 aromatic heterocycles. The van der Waals surface area contributed by atoms with E-state index in [9.17, 15) is 0 Å². The second-order valence-corrected chi connectivity index (χ2v) is 1.13. The summed E-state index contributed by atoms with van der Waals surface area (Å²) in [5.74, 6) is 0.